The van der Waals surface area contributed by atoms with Gasteiger partial charge in [-0.15, -0.1) is 0 Å². The number of hydrogen-bond acceptors (Lipinski definition) is 4. The highest BCUT2D eigenvalue weighted by atomic mass is 16.5. The van der Waals surface area contributed by atoms with Crippen molar-refractivity contribution in [2.24, 2.45) is 0 Å². The predicted octanol–water partition coefficient (Wildman–Crippen LogP) is 0.506. The monoisotopic (exact) mass is 190 g/mol. The summed E-state index contributed by atoms with van der Waals surface area (Å²) >= 11 is 0. The first kappa shape index (κ1) is 7.75. The minimum Gasteiger partial charge on any atom is -0.363 e. The summed E-state index contributed by atoms with van der Waals surface area (Å²) in [5.41, 5.74) is 2.41. The second-order valence-electron chi connectivity index (χ2n) is 3.33. The molecular formula is C9H10N4O. The zero-order valence-corrected chi connectivity index (χ0v) is 7.60. The lowest BCUT2D eigenvalue weighted by Crippen LogP contribution is -2.22. The number of rotatable bonds is 1. The second kappa shape index (κ2) is 2.95. The Labute approximate surface area is 80.7 Å². The fourth-order valence-electron chi connectivity index (χ4n) is 1.67. The molecule has 0 bridgehead atoms. The van der Waals surface area contributed by atoms with Gasteiger partial charge in [0.1, 0.15) is 6.26 Å². The van der Waals surface area contributed by atoms with Gasteiger partial charge in [-0.25, -0.2) is 4.68 Å². The van der Waals surface area contributed by atoms with Crippen molar-refractivity contribution < 1.29 is 4.52 Å². The van der Waals surface area contributed by atoms with E-state index >= 15 is 0 Å². The molecule has 5 nitrogen and oxygen atoms in total. The highest BCUT2D eigenvalue weighted by Crippen LogP contribution is 2.14. The van der Waals surface area contributed by atoms with Crippen LogP contribution in [0.15, 0.2) is 23.0 Å². The van der Waals surface area contributed by atoms with Gasteiger partial charge >= 0.3 is 0 Å². The zero-order chi connectivity index (χ0) is 9.38. The molecule has 1 aliphatic rings. The molecule has 0 spiro atoms. The Morgan fingerprint density at radius 1 is 1.50 bits per heavy atom. The molecule has 3 rings (SSSR count). The van der Waals surface area contributed by atoms with Crippen LogP contribution in [0, 0.1) is 0 Å². The van der Waals surface area contributed by atoms with E-state index in [2.05, 4.69) is 15.6 Å². The molecule has 0 aromatic carbocycles. The molecule has 0 saturated heterocycles. The molecule has 0 saturated carbocycles. The number of aromatic nitrogens is 3. The van der Waals surface area contributed by atoms with Crippen molar-refractivity contribution >= 4 is 0 Å². The number of fused-ring (bicyclic) bond motifs is 1. The van der Waals surface area contributed by atoms with Gasteiger partial charge in [0, 0.05) is 18.8 Å². The molecule has 0 fully saturated rings. The minimum absolute atomic E-state index is 0.736. The van der Waals surface area contributed by atoms with Gasteiger partial charge in [-0.3, -0.25) is 0 Å². The van der Waals surface area contributed by atoms with E-state index in [9.17, 15) is 0 Å². The molecule has 2 aromatic rings. The summed E-state index contributed by atoms with van der Waals surface area (Å²) in [4.78, 5) is 0. The lowest BCUT2D eigenvalue weighted by atomic mass is 10.1. The lowest BCUT2D eigenvalue weighted by Gasteiger charge is -2.09. The Kier molecular flexibility index (Phi) is 1.63. The van der Waals surface area contributed by atoms with E-state index in [0.29, 0.717) is 0 Å². The van der Waals surface area contributed by atoms with Crippen LogP contribution in [0.1, 0.15) is 11.3 Å². The normalized spacial score (nSPS) is 15.4. The first-order valence-corrected chi connectivity index (χ1v) is 4.62. The van der Waals surface area contributed by atoms with Crippen molar-refractivity contribution in [1.29, 1.82) is 0 Å². The molecule has 0 unspecified atom stereocenters. The Hall–Kier alpha value is -1.62. The van der Waals surface area contributed by atoms with Crippen molar-refractivity contribution in [2.75, 3.05) is 6.54 Å². The maximum Gasteiger partial charge on any atom is 0.196 e. The third-order valence-corrected chi connectivity index (χ3v) is 2.40. The first-order valence-electron chi connectivity index (χ1n) is 4.62. The van der Waals surface area contributed by atoms with E-state index in [0.717, 1.165) is 31.0 Å². The Balaban J connectivity index is 2.04. The van der Waals surface area contributed by atoms with Gasteiger partial charge in [-0.05, 0) is 18.5 Å². The van der Waals surface area contributed by atoms with Gasteiger partial charge in [0.2, 0.25) is 0 Å². The summed E-state index contributed by atoms with van der Waals surface area (Å²) in [5, 5.41) is 11.5. The average molecular weight is 190 g/mol. The minimum atomic E-state index is 0.736. The molecule has 72 valence electrons. The predicted molar refractivity (Wildman–Crippen MR) is 49.0 cm³/mol. The SMILES string of the molecule is c1cc(-n2cc3c(n2)CNCC3)no1. The highest BCUT2D eigenvalue weighted by molar-refractivity contribution is 5.26. The molecule has 2 aromatic heterocycles. The summed E-state index contributed by atoms with van der Waals surface area (Å²) in [6, 6.07) is 1.80. The molecule has 0 amide bonds. The van der Waals surface area contributed by atoms with Crippen molar-refractivity contribution in [3.05, 3.63) is 29.8 Å². The van der Waals surface area contributed by atoms with Gasteiger partial charge in [-0.1, -0.05) is 5.16 Å². The van der Waals surface area contributed by atoms with Crippen LogP contribution < -0.4 is 5.32 Å². The Bertz CT molecular complexity index is 408. The molecular weight excluding hydrogens is 180 g/mol. The maximum absolute atomic E-state index is 4.77. The molecule has 14 heavy (non-hydrogen) atoms. The third kappa shape index (κ3) is 1.13. The van der Waals surface area contributed by atoms with E-state index in [1.165, 1.54) is 5.56 Å². The van der Waals surface area contributed by atoms with Crippen molar-refractivity contribution in [1.82, 2.24) is 20.3 Å². The molecule has 5 heteroatoms. The molecule has 1 N–H and O–H groups in total. The largest absolute Gasteiger partial charge is 0.363 e. The fraction of sp³-hybridized carbons (Fsp3) is 0.333. The number of nitrogens with zero attached hydrogens (tertiary/aromatic N) is 3. The quantitative estimate of drug-likeness (QED) is 0.711. The topological polar surface area (TPSA) is 55.9 Å². The lowest BCUT2D eigenvalue weighted by molar-refractivity contribution is 0.414. The van der Waals surface area contributed by atoms with Crippen molar-refractivity contribution in [3.63, 3.8) is 0 Å². The van der Waals surface area contributed by atoms with E-state index in [1.807, 2.05) is 6.20 Å². The van der Waals surface area contributed by atoms with E-state index in [1.54, 1.807) is 17.0 Å². The van der Waals surface area contributed by atoms with E-state index < -0.39 is 0 Å². The van der Waals surface area contributed by atoms with Crippen molar-refractivity contribution in [2.45, 2.75) is 13.0 Å². The summed E-state index contributed by atoms with van der Waals surface area (Å²) in [5.74, 6) is 0.736. The second-order valence-corrected chi connectivity index (χ2v) is 3.33. The Morgan fingerprint density at radius 2 is 2.50 bits per heavy atom. The van der Waals surface area contributed by atoms with Gasteiger partial charge in [-0.2, -0.15) is 5.10 Å². The smallest absolute Gasteiger partial charge is 0.196 e. The van der Waals surface area contributed by atoms with Crippen LogP contribution in [0.5, 0.6) is 0 Å². The van der Waals surface area contributed by atoms with Crippen LogP contribution >= 0.6 is 0 Å². The van der Waals surface area contributed by atoms with E-state index in [-0.39, 0.29) is 0 Å². The number of hydrogen-bond donors (Lipinski definition) is 1. The zero-order valence-electron chi connectivity index (χ0n) is 7.60. The van der Waals surface area contributed by atoms with Crippen molar-refractivity contribution in [3.8, 4) is 5.82 Å². The molecule has 3 heterocycles. The first-order chi connectivity index (χ1) is 6.93. The Morgan fingerprint density at radius 3 is 3.29 bits per heavy atom. The molecule has 0 aliphatic carbocycles. The van der Waals surface area contributed by atoms with Gasteiger partial charge in [0.25, 0.3) is 0 Å². The van der Waals surface area contributed by atoms with Crippen LogP contribution in [-0.2, 0) is 13.0 Å². The van der Waals surface area contributed by atoms with Crippen LogP contribution in [0.3, 0.4) is 0 Å². The van der Waals surface area contributed by atoms with Crippen LogP contribution in [0.2, 0.25) is 0 Å². The molecule has 0 atom stereocenters. The van der Waals surface area contributed by atoms with Crippen LogP contribution in [0.4, 0.5) is 0 Å². The summed E-state index contributed by atoms with van der Waals surface area (Å²) in [7, 11) is 0. The maximum atomic E-state index is 4.77. The molecule has 1 aliphatic heterocycles. The highest BCUT2D eigenvalue weighted by Gasteiger charge is 2.14. The fourth-order valence-corrected chi connectivity index (χ4v) is 1.67. The number of nitrogens with one attached hydrogen (secondary N) is 1. The van der Waals surface area contributed by atoms with Gasteiger partial charge in [0.15, 0.2) is 5.82 Å². The van der Waals surface area contributed by atoms with E-state index in [4.69, 9.17) is 4.52 Å². The van der Waals surface area contributed by atoms with Crippen LogP contribution in [0.25, 0.3) is 5.82 Å². The van der Waals surface area contributed by atoms with Crippen LogP contribution in [-0.4, -0.2) is 21.5 Å². The average Bonchev–Trinajstić information content (AvgIpc) is 2.86. The third-order valence-electron chi connectivity index (χ3n) is 2.40. The standard InChI is InChI=1S/C9H10N4O/c1-3-10-5-8-7(1)6-13(11-8)9-2-4-14-12-9/h2,4,6,10H,1,3,5H2. The summed E-state index contributed by atoms with van der Waals surface area (Å²) in [6.45, 7) is 1.87. The van der Waals surface area contributed by atoms with Gasteiger partial charge < -0.3 is 9.84 Å². The molecule has 0 radical (unpaired) electrons. The summed E-state index contributed by atoms with van der Waals surface area (Å²) < 4.78 is 6.54. The summed E-state index contributed by atoms with van der Waals surface area (Å²) in [6.07, 6.45) is 4.61. The van der Waals surface area contributed by atoms with Gasteiger partial charge in [0.05, 0.1) is 5.69 Å².